The largest absolute Gasteiger partial charge is 0.508 e. The molecule has 2 N–H and O–H groups in total. The molecular weight excluding hydrogens is 336 g/mol. The number of phenols is 1. The summed E-state index contributed by atoms with van der Waals surface area (Å²) in [5.41, 5.74) is 4.59. The van der Waals surface area contributed by atoms with E-state index in [1.54, 1.807) is 12.1 Å². The molecule has 1 heterocycles. The van der Waals surface area contributed by atoms with Gasteiger partial charge in [0.2, 0.25) is 0 Å². The van der Waals surface area contributed by atoms with Crippen LogP contribution in [0.3, 0.4) is 0 Å². The van der Waals surface area contributed by atoms with Crippen LogP contribution in [-0.2, 0) is 6.42 Å². The van der Waals surface area contributed by atoms with E-state index in [1.165, 1.54) is 6.33 Å². The van der Waals surface area contributed by atoms with Gasteiger partial charge in [0.15, 0.2) is 0 Å². The van der Waals surface area contributed by atoms with E-state index >= 15 is 0 Å². The van der Waals surface area contributed by atoms with Crippen molar-refractivity contribution in [3.05, 3.63) is 78.6 Å². The van der Waals surface area contributed by atoms with Gasteiger partial charge in [0.25, 0.3) is 0 Å². The number of benzene rings is 3. The maximum Gasteiger partial charge on any atom is 0.141 e. The van der Waals surface area contributed by atoms with Gasteiger partial charge >= 0.3 is 0 Å². The molecule has 5 heteroatoms. The standard InChI is InChI=1S/C22H16N4O/c23-11-10-15-4-7-18(8-5-15)26-22-20-13-17(6-9-21(20)24-14-25-22)16-2-1-3-19(27)12-16/h1-9,12-14,27H,10H2,(H,24,25,26). The molecule has 4 aromatic rings. The average Bonchev–Trinajstić information content (AvgIpc) is 2.70. The molecule has 0 aliphatic rings. The van der Waals surface area contributed by atoms with Crippen molar-refractivity contribution in [1.29, 1.82) is 5.26 Å². The third-order valence-electron chi connectivity index (χ3n) is 4.31. The van der Waals surface area contributed by atoms with Crippen LogP contribution in [0.15, 0.2) is 73.1 Å². The second-order valence-electron chi connectivity index (χ2n) is 6.16. The predicted octanol–water partition coefficient (Wildman–Crippen LogP) is 4.81. The van der Waals surface area contributed by atoms with Crippen LogP contribution in [0.25, 0.3) is 22.0 Å². The maximum absolute atomic E-state index is 9.74. The molecule has 0 amide bonds. The van der Waals surface area contributed by atoms with Gasteiger partial charge in [-0.3, -0.25) is 0 Å². The van der Waals surface area contributed by atoms with E-state index < -0.39 is 0 Å². The normalized spacial score (nSPS) is 10.5. The number of nitriles is 1. The Balaban J connectivity index is 1.72. The zero-order valence-corrected chi connectivity index (χ0v) is 14.4. The van der Waals surface area contributed by atoms with Crippen LogP contribution in [0.4, 0.5) is 11.5 Å². The summed E-state index contributed by atoms with van der Waals surface area (Å²) < 4.78 is 0. The second kappa shape index (κ2) is 7.14. The van der Waals surface area contributed by atoms with Gasteiger partial charge in [0.1, 0.15) is 17.9 Å². The van der Waals surface area contributed by atoms with Crippen molar-refractivity contribution in [3.8, 4) is 22.9 Å². The fraction of sp³-hybridized carbons (Fsp3) is 0.0455. The number of phenolic OH excluding ortho intramolecular Hbond substituents is 1. The minimum atomic E-state index is 0.229. The van der Waals surface area contributed by atoms with Crippen LogP contribution >= 0.6 is 0 Å². The van der Waals surface area contributed by atoms with E-state index in [-0.39, 0.29) is 5.75 Å². The lowest BCUT2D eigenvalue weighted by Crippen LogP contribution is -1.96. The van der Waals surface area contributed by atoms with Gasteiger partial charge in [0, 0.05) is 11.1 Å². The Labute approximate surface area is 156 Å². The molecule has 1 aromatic heterocycles. The van der Waals surface area contributed by atoms with Gasteiger partial charge in [-0.15, -0.1) is 0 Å². The van der Waals surface area contributed by atoms with Gasteiger partial charge < -0.3 is 10.4 Å². The zero-order valence-electron chi connectivity index (χ0n) is 14.4. The molecule has 3 aromatic carbocycles. The van der Waals surface area contributed by atoms with Gasteiger partial charge in [0.05, 0.1) is 18.0 Å². The van der Waals surface area contributed by atoms with Gasteiger partial charge in [-0.05, 0) is 53.1 Å². The third kappa shape index (κ3) is 3.55. The van der Waals surface area contributed by atoms with Crippen molar-refractivity contribution >= 4 is 22.4 Å². The Kier molecular flexibility index (Phi) is 4.38. The molecule has 4 rings (SSSR count). The fourth-order valence-electron chi connectivity index (χ4n) is 2.96. The van der Waals surface area contributed by atoms with Crippen LogP contribution < -0.4 is 5.32 Å². The van der Waals surface area contributed by atoms with Crippen LogP contribution in [0.1, 0.15) is 5.56 Å². The number of rotatable bonds is 4. The first kappa shape index (κ1) is 16.6. The quantitative estimate of drug-likeness (QED) is 0.551. The lowest BCUT2D eigenvalue weighted by molar-refractivity contribution is 0.475. The summed E-state index contributed by atoms with van der Waals surface area (Å²) >= 11 is 0. The Morgan fingerprint density at radius 3 is 2.52 bits per heavy atom. The van der Waals surface area contributed by atoms with E-state index in [9.17, 15) is 5.11 Å². The van der Waals surface area contributed by atoms with Crippen LogP contribution in [0, 0.1) is 11.3 Å². The van der Waals surface area contributed by atoms with Crippen molar-refractivity contribution in [2.24, 2.45) is 0 Å². The molecule has 0 unspecified atom stereocenters. The molecule has 0 atom stereocenters. The first-order chi connectivity index (χ1) is 13.2. The SMILES string of the molecule is N#CCc1ccc(Nc2ncnc3ccc(-c4cccc(O)c4)cc23)cc1. The van der Waals surface area contributed by atoms with Crippen molar-refractivity contribution in [2.75, 3.05) is 5.32 Å². The topological polar surface area (TPSA) is 81.8 Å². The molecule has 0 bridgehead atoms. The van der Waals surface area contributed by atoms with Gasteiger partial charge in [-0.1, -0.05) is 30.3 Å². The molecular formula is C22H16N4O. The summed E-state index contributed by atoms with van der Waals surface area (Å²) in [7, 11) is 0. The number of fused-ring (bicyclic) bond motifs is 1. The molecule has 0 saturated carbocycles. The molecule has 0 aliphatic carbocycles. The average molecular weight is 352 g/mol. The van der Waals surface area contributed by atoms with Crippen LogP contribution in [-0.4, -0.2) is 15.1 Å². The second-order valence-corrected chi connectivity index (χ2v) is 6.16. The Bertz CT molecular complexity index is 1150. The van der Waals surface area contributed by atoms with Crippen molar-refractivity contribution in [1.82, 2.24) is 9.97 Å². The van der Waals surface area contributed by atoms with Crippen molar-refractivity contribution < 1.29 is 5.11 Å². The molecule has 0 fully saturated rings. The number of aromatic nitrogens is 2. The summed E-state index contributed by atoms with van der Waals surface area (Å²) in [6, 6.07) is 22.9. The molecule has 27 heavy (non-hydrogen) atoms. The highest BCUT2D eigenvalue weighted by Crippen LogP contribution is 2.29. The fourth-order valence-corrected chi connectivity index (χ4v) is 2.96. The zero-order chi connectivity index (χ0) is 18.6. The van der Waals surface area contributed by atoms with E-state index in [2.05, 4.69) is 21.4 Å². The van der Waals surface area contributed by atoms with Gasteiger partial charge in [-0.2, -0.15) is 5.26 Å². The van der Waals surface area contributed by atoms with Crippen LogP contribution in [0.5, 0.6) is 5.75 Å². The minimum Gasteiger partial charge on any atom is -0.508 e. The lowest BCUT2D eigenvalue weighted by Gasteiger charge is -2.10. The molecule has 0 aliphatic heterocycles. The van der Waals surface area contributed by atoms with E-state index in [1.807, 2.05) is 54.6 Å². The molecule has 5 nitrogen and oxygen atoms in total. The number of hydrogen-bond donors (Lipinski definition) is 2. The van der Waals surface area contributed by atoms with Crippen LogP contribution in [0.2, 0.25) is 0 Å². The molecule has 0 radical (unpaired) electrons. The first-order valence-electron chi connectivity index (χ1n) is 8.50. The van der Waals surface area contributed by atoms with Gasteiger partial charge in [-0.25, -0.2) is 9.97 Å². The first-order valence-corrected chi connectivity index (χ1v) is 8.50. The monoisotopic (exact) mass is 352 g/mol. The number of nitrogens with one attached hydrogen (secondary N) is 1. The van der Waals surface area contributed by atoms with E-state index in [0.717, 1.165) is 33.3 Å². The minimum absolute atomic E-state index is 0.229. The summed E-state index contributed by atoms with van der Waals surface area (Å²) in [5.74, 6) is 0.933. The molecule has 0 saturated heterocycles. The number of anilines is 2. The maximum atomic E-state index is 9.74. The van der Waals surface area contributed by atoms with Crippen molar-refractivity contribution in [3.63, 3.8) is 0 Å². The highest BCUT2D eigenvalue weighted by molar-refractivity contribution is 5.93. The summed E-state index contributed by atoms with van der Waals surface area (Å²) in [6.07, 6.45) is 1.92. The Morgan fingerprint density at radius 2 is 1.74 bits per heavy atom. The Morgan fingerprint density at radius 1 is 0.926 bits per heavy atom. The predicted molar refractivity (Wildman–Crippen MR) is 106 cm³/mol. The summed E-state index contributed by atoms with van der Waals surface area (Å²) in [5, 5.41) is 22.7. The van der Waals surface area contributed by atoms with Crippen molar-refractivity contribution in [2.45, 2.75) is 6.42 Å². The highest BCUT2D eigenvalue weighted by atomic mass is 16.3. The molecule has 130 valence electrons. The summed E-state index contributed by atoms with van der Waals surface area (Å²) in [4.78, 5) is 8.73. The summed E-state index contributed by atoms with van der Waals surface area (Å²) in [6.45, 7) is 0. The Hall–Kier alpha value is -3.91. The highest BCUT2D eigenvalue weighted by Gasteiger charge is 2.07. The molecule has 0 spiro atoms. The third-order valence-corrected chi connectivity index (χ3v) is 4.31. The van der Waals surface area contributed by atoms with E-state index in [4.69, 9.17) is 5.26 Å². The number of nitrogens with zero attached hydrogens (tertiary/aromatic N) is 3. The lowest BCUT2D eigenvalue weighted by atomic mass is 10.0. The van der Waals surface area contributed by atoms with E-state index in [0.29, 0.717) is 12.2 Å². The number of hydrogen-bond acceptors (Lipinski definition) is 5. The smallest absolute Gasteiger partial charge is 0.141 e. The number of aromatic hydroxyl groups is 1.